The molecule has 3 N–H and O–H groups in total. The Morgan fingerprint density at radius 3 is 2.80 bits per heavy atom. The molecule has 0 saturated carbocycles. The molecule has 5 heteroatoms. The SMILES string of the molecule is Cc1ccc(NC(=O)Cc2csc(C(C)N)n2)c(C)c1. The molecule has 1 amide bonds. The summed E-state index contributed by atoms with van der Waals surface area (Å²) in [5, 5.41) is 5.67. The van der Waals surface area contributed by atoms with Gasteiger partial charge in [-0.25, -0.2) is 4.98 Å². The summed E-state index contributed by atoms with van der Waals surface area (Å²) in [5.74, 6) is -0.0570. The highest BCUT2D eigenvalue weighted by Crippen LogP contribution is 2.18. The topological polar surface area (TPSA) is 68.0 Å². The molecule has 0 spiro atoms. The number of thiazole rings is 1. The first kappa shape index (κ1) is 14.7. The zero-order chi connectivity index (χ0) is 14.7. The molecule has 20 heavy (non-hydrogen) atoms. The van der Waals surface area contributed by atoms with Crippen LogP contribution >= 0.6 is 11.3 Å². The maximum atomic E-state index is 12.0. The summed E-state index contributed by atoms with van der Waals surface area (Å²) in [4.78, 5) is 16.4. The van der Waals surface area contributed by atoms with E-state index in [2.05, 4.69) is 10.3 Å². The van der Waals surface area contributed by atoms with E-state index < -0.39 is 0 Å². The summed E-state index contributed by atoms with van der Waals surface area (Å²) in [5.41, 5.74) is 9.63. The highest BCUT2D eigenvalue weighted by Gasteiger charge is 2.11. The first-order valence-electron chi connectivity index (χ1n) is 6.52. The van der Waals surface area contributed by atoms with Gasteiger partial charge in [0, 0.05) is 11.1 Å². The number of anilines is 1. The van der Waals surface area contributed by atoms with Crippen LogP contribution in [0.4, 0.5) is 5.69 Å². The number of nitrogens with one attached hydrogen (secondary N) is 1. The van der Waals surface area contributed by atoms with Gasteiger partial charge in [-0.2, -0.15) is 0 Å². The van der Waals surface area contributed by atoms with E-state index in [1.54, 1.807) is 0 Å². The van der Waals surface area contributed by atoms with E-state index in [-0.39, 0.29) is 18.4 Å². The number of amides is 1. The standard InChI is InChI=1S/C15H19N3OS/c1-9-4-5-13(10(2)6-9)18-14(19)7-12-8-20-15(17-12)11(3)16/h4-6,8,11H,7,16H2,1-3H3,(H,18,19). The first-order chi connectivity index (χ1) is 9.45. The molecule has 0 aliphatic rings. The average molecular weight is 289 g/mol. The van der Waals surface area contributed by atoms with E-state index in [0.29, 0.717) is 0 Å². The fraction of sp³-hybridized carbons (Fsp3) is 0.333. The molecule has 0 aliphatic carbocycles. The van der Waals surface area contributed by atoms with Crippen molar-refractivity contribution in [2.24, 2.45) is 5.73 Å². The van der Waals surface area contributed by atoms with E-state index in [4.69, 9.17) is 5.73 Å². The van der Waals surface area contributed by atoms with E-state index in [1.165, 1.54) is 16.9 Å². The molecular formula is C15H19N3OS. The van der Waals surface area contributed by atoms with Crippen LogP contribution in [0.15, 0.2) is 23.6 Å². The smallest absolute Gasteiger partial charge is 0.230 e. The Balaban J connectivity index is 2.01. The lowest BCUT2D eigenvalue weighted by Crippen LogP contribution is -2.15. The van der Waals surface area contributed by atoms with Gasteiger partial charge < -0.3 is 11.1 Å². The Morgan fingerprint density at radius 1 is 1.45 bits per heavy atom. The van der Waals surface area contributed by atoms with Crippen LogP contribution in [-0.4, -0.2) is 10.9 Å². The summed E-state index contributed by atoms with van der Waals surface area (Å²) in [6, 6.07) is 5.87. The van der Waals surface area contributed by atoms with Crippen LogP contribution < -0.4 is 11.1 Å². The van der Waals surface area contributed by atoms with Crippen molar-refractivity contribution in [3.63, 3.8) is 0 Å². The molecule has 2 aromatic rings. The summed E-state index contributed by atoms with van der Waals surface area (Å²) in [6.45, 7) is 5.90. The molecule has 2 rings (SSSR count). The minimum absolute atomic E-state index is 0.0570. The third-order valence-corrected chi connectivity index (χ3v) is 4.05. The van der Waals surface area contributed by atoms with Crippen LogP contribution in [0.1, 0.15) is 34.8 Å². The van der Waals surface area contributed by atoms with Crippen LogP contribution in [-0.2, 0) is 11.2 Å². The van der Waals surface area contributed by atoms with Crippen LogP contribution in [0.25, 0.3) is 0 Å². The number of hydrogen-bond donors (Lipinski definition) is 2. The largest absolute Gasteiger partial charge is 0.326 e. The van der Waals surface area contributed by atoms with E-state index in [0.717, 1.165) is 22.0 Å². The number of benzene rings is 1. The number of rotatable bonds is 4. The second kappa shape index (κ2) is 6.15. The monoisotopic (exact) mass is 289 g/mol. The zero-order valence-electron chi connectivity index (χ0n) is 11.9. The van der Waals surface area contributed by atoms with Crippen LogP contribution in [0.3, 0.4) is 0 Å². The summed E-state index contributed by atoms with van der Waals surface area (Å²) < 4.78 is 0. The molecule has 106 valence electrons. The first-order valence-corrected chi connectivity index (χ1v) is 7.40. The number of carbonyl (C=O) groups is 1. The van der Waals surface area contributed by atoms with Crippen molar-refractivity contribution >= 4 is 22.9 Å². The maximum Gasteiger partial charge on any atom is 0.230 e. The molecule has 1 atom stereocenters. The number of nitrogens with two attached hydrogens (primary N) is 1. The fourth-order valence-electron chi connectivity index (χ4n) is 1.93. The van der Waals surface area contributed by atoms with Crippen LogP contribution in [0, 0.1) is 13.8 Å². The van der Waals surface area contributed by atoms with E-state index in [9.17, 15) is 4.79 Å². The van der Waals surface area contributed by atoms with Gasteiger partial charge >= 0.3 is 0 Å². The van der Waals surface area contributed by atoms with Crippen molar-refractivity contribution in [3.8, 4) is 0 Å². The second-order valence-electron chi connectivity index (χ2n) is 5.01. The molecule has 1 unspecified atom stereocenters. The Hall–Kier alpha value is -1.72. The number of hydrogen-bond acceptors (Lipinski definition) is 4. The Labute approximate surface area is 123 Å². The van der Waals surface area contributed by atoms with Crippen molar-refractivity contribution < 1.29 is 4.79 Å². The van der Waals surface area contributed by atoms with Gasteiger partial charge in [0.05, 0.1) is 18.2 Å². The lowest BCUT2D eigenvalue weighted by molar-refractivity contribution is -0.115. The van der Waals surface area contributed by atoms with Crippen molar-refractivity contribution in [3.05, 3.63) is 45.4 Å². The van der Waals surface area contributed by atoms with Gasteiger partial charge in [0.25, 0.3) is 0 Å². The molecular weight excluding hydrogens is 270 g/mol. The third-order valence-electron chi connectivity index (χ3n) is 2.96. The molecule has 0 saturated heterocycles. The third kappa shape index (κ3) is 3.65. The van der Waals surface area contributed by atoms with Gasteiger partial charge in [0.15, 0.2) is 0 Å². The number of carbonyl (C=O) groups excluding carboxylic acids is 1. The van der Waals surface area contributed by atoms with Gasteiger partial charge in [-0.05, 0) is 32.4 Å². The molecule has 1 heterocycles. The quantitative estimate of drug-likeness (QED) is 0.909. The summed E-state index contributed by atoms with van der Waals surface area (Å²) >= 11 is 1.49. The van der Waals surface area contributed by atoms with Crippen LogP contribution in [0.2, 0.25) is 0 Å². The predicted molar refractivity (Wildman–Crippen MR) is 83.0 cm³/mol. The van der Waals surface area contributed by atoms with E-state index >= 15 is 0 Å². The molecule has 1 aromatic heterocycles. The number of nitrogens with zero attached hydrogens (tertiary/aromatic N) is 1. The van der Waals surface area contributed by atoms with Crippen molar-refractivity contribution in [1.29, 1.82) is 0 Å². The highest BCUT2D eigenvalue weighted by atomic mass is 32.1. The number of aryl methyl sites for hydroxylation is 2. The van der Waals surface area contributed by atoms with Gasteiger partial charge in [-0.3, -0.25) is 4.79 Å². The highest BCUT2D eigenvalue weighted by molar-refractivity contribution is 7.09. The van der Waals surface area contributed by atoms with Crippen molar-refractivity contribution in [2.45, 2.75) is 33.2 Å². The maximum absolute atomic E-state index is 12.0. The second-order valence-corrected chi connectivity index (χ2v) is 5.90. The van der Waals surface area contributed by atoms with Crippen molar-refractivity contribution in [2.75, 3.05) is 5.32 Å². The predicted octanol–water partition coefficient (Wildman–Crippen LogP) is 2.96. The number of aromatic nitrogens is 1. The zero-order valence-corrected chi connectivity index (χ0v) is 12.8. The van der Waals surface area contributed by atoms with Gasteiger partial charge in [-0.1, -0.05) is 17.7 Å². The van der Waals surface area contributed by atoms with E-state index in [1.807, 2.05) is 44.4 Å². The molecule has 0 radical (unpaired) electrons. The summed E-state index contributed by atoms with van der Waals surface area (Å²) in [7, 11) is 0. The Morgan fingerprint density at radius 2 is 2.20 bits per heavy atom. The molecule has 0 bridgehead atoms. The Kier molecular flexibility index (Phi) is 4.52. The molecule has 0 aliphatic heterocycles. The van der Waals surface area contributed by atoms with Gasteiger partial charge in [0.2, 0.25) is 5.91 Å². The van der Waals surface area contributed by atoms with Crippen LogP contribution in [0.5, 0.6) is 0 Å². The average Bonchev–Trinajstić information content (AvgIpc) is 2.81. The lowest BCUT2D eigenvalue weighted by Gasteiger charge is -2.08. The molecule has 1 aromatic carbocycles. The van der Waals surface area contributed by atoms with Gasteiger partial charge in [-0.15, -0.1) is 11.3 Å². The molecule has 0 fully saturated rings. The summed E-state index contributed by atoms with van der Waals surface area (Å²) in [6.07, 6.45) is 0.274. The normalized spacial score (nSPS) is 12.2. The van der Waals surface area contributed by atoms with Gasteiger partial charge in [0.1, 0.15) is 5.01 Å². The minimum atomic E-state index is -0.0869. The molecule has 4 nitrogen and oxygen atoms in total. The fourth-order valence-corrected chi connectivity index (χ4v) is 2.70. The minimum Gasteiger partial charge on any atom is -0.326 e. The van der Waals surface area contributed by atoms with Crippen molar-refractivity contribution in [1.82, 2.24) is 4.98 Å². The lowest BCUT2D eigenvalue weighted by atomic mass is 10.1. The Bertz CT molecular complexity index is 619.